The molecule has 2 amide bonds. The summed E-state index contributed by atoms with van der Waals surface area (Å²) in [4.78, 5) is 29.6. The molecule has 2 aromatic carbocycles. The number of para-hydroxylation sites is 1. The summed E-state index contributed by atoms with van der Waals surface area (Å²) in [6.07, 6.45) is 6.30. The number of benzene rings is 2. The van der Waals surface area contributed by atoms with Gasteiger partial charge in [0.25, 0.3) is 11.8 Å². The Kier molecular flexibility index (Phi) is 10.0. The molecule has 0 saturated heterocycles. The molecule has 6 nitrogen and oxygen atoms in total. The molecule has 0 saturated carbocycles. The molecule has 0 aromatic heterocycles. The van der Waals surface area contributed by atoms with Crippen molar-refractivity contribution in [1.29, 1.82) is 0 Å². The third-order valence-electron chi connectivity index (χ3n) is 5.80. The third kappa shape index (κ3) is 7.76. The van der Waals surface area contributed by atoms with Gasteiger partial charge in [-0.05, 0) is 48.7 Å². The highest BCUT2D eigenvalue weighted by atomic mass is 35.5. The molecule has 1 aliphatic heterocycles. The minimum atomic E-state index is -0.0793. The molecule has 0 spiro atoms. The quantitative estimate of drug-likeness (QED) is 0.608. The van der Waals surface area contributed by atoms with E-state index in [1.807, 2.05) is 34.1 Å². The fraction of sp³-hybridized carbons (Fsp3) is 0.462. The van der Waals surface area contributed by atoms with Crippen molar-refractivity contribution >= 4 is 29.1 Å². The SMILES string of the molecule is COCC(=O)N1CCCCCCCCN(C(=O)COc2ccc(Cl)cc2)Cc2ccccc21. The van der Waals surface area contributed by atoms with E-state index in [1.165, 1.54) is 7.11 Å². The molecule has 0 N–H and O–H groups in total. The van der Waals surface area contributed by atoms with Crippen molar-refractivity contribution in [3.05, 3.63) is 59.1 Å². The lowest BCUT2D eigenvalue weighted by Crippen LogP contribution is -2.38. The first-order chi connectivity index (χ1) is 16.1. The first kappa shape index (κ1) is 25.1. The molecule has 0 unspecified atom stereocenters. The zero-order valence-electron chi connectivity index (χ0n) is 19.3. The van der Waals surface area contributed by atoms with E-state index in [4.69, 9.17) is 21.1 Å². The van der Waals surface area contributed by atoms with Crippen LogP contribution in [-0.4, -0.2) is 50.1 Å². The molecule has 1 heterocycles. The number of carbonyl (C=O) groups excluding carboxylic acids is 2. The third-order valence-corrected chi connectivity index (χ3v) is 6.05. The van der Waals surface area contributed by atoms with Crippen LogP contribution in [0.25, 0.3) is 0 Å². The van der Waals surface area contributed by atoms with Crippen LogP contribution in [0.15, 0.2) is 48.5 Å². The van der Waals surface area contributed by atoms with Crippen LogP contribution in [0, 0.1) is 0 Å². The van der Waals surface area contributed by atoms with Crippen LogP contribution in [0.1, 0.15) is 44.1 Å². The van der Waals surface area contributed by atoms with E-state index >= 15 is 0 Å². The number of halogens is 1. The molecule has 0 atom stereocenters. The molecule has 2 aromatic rings. The molecule has 33 heavy (non-hydrogen) atoms. The second-order valence-corrected chi connectivity index (χ2v) is 8.72. The zero-order chi connectivity index (χ0) is 23.5. The van der Waals surface area contributed by atoms with Crippen LogP contribution in [0.5, 0.6) is 5.75 Å². The van der Waals surface area contributed by atoms with Gasteiger partial charge in [0.1, 0.15) is 12.4 Å². The number of hydrogen-bond donors (Lipinski definition) is 0. The Balaban J connectivity index is 1.80. The Bertz CT molecular complexity index is 903. The van der Waals surface area contributed by atoms with Gasteiger partial charge in [-0.15, -0.1) is 0 Å². The second-order valence-electron chi connectivity index (χ2n) is 8.29. The maximum absolute atomic E-state index is 13.1. The Morgan fingerprint density at radius 3 is 2.24 bits per heavy atom. The average molecular weight is 473 g/mol. The smallest absolute Gasteiger partial charge is 0.260 e. The zero-order valence-corrected chi connectivity index (χ0v) is 20.1. The van der Waals surface area contributed by atoms with Gasteiger partial charge in [-0.2, -0.15) is 0 Å². The number of amides is 2. The van der Waals surface area contributed by atoms with Crippen molar-refractivity contribution in [2.45, 2.75) is 45.1 Å². The van der Waals surface area contributed by atoms with E-state index in [2.05, 4.69) is 0 Å². The molecule has 178 valence electrons. The van der Waals surface area contributed by atoms with E-state index in [0.29, 0.717) is 30.4 Å². The van der Waals surface area contributed by atoms with Crippen LogP contribution in [0.4, 0.5) is 5.69 Å². The van der Waals surface area contributed by atoms with Crippen LogP contribution < -0.4 is 9.64 Å². The molecule has 7 heteroatoms. The fourth-order valence-electron chi connectivity index (χ4n) is 4.03. The highest BCUT2D eigenvalue weighted by Crippen LogP contribution is 2.25. The van der Waals surface area contributed by atoms with Gasteiger partial charge in [0.2, 0.25) is 0 Å². The topological polar surface area (TPSA) is 59.1 Å². The highest BCUT2D eigenvalue weighted by Gasteiger charge is 2.22. The normalized spacial score (nSPS) is 15.6. The summed E-state index contributed by atoms with van der Waals surface area (Å²) in [7, 11) is 1.53. The van der Waals surface area contributed by atoms with E-state index < -0.39 is 0 Å². The number of hydrogen-bond acceptors (Lipinski definition) is 4. The van der Waals surface area contributed by atoms with Gasteiger partial charge >= 0.3 is 0 Å². The standard InChI is InChI=1S/C26H33ClN2O4/c1-32-19-26(31)29-17-9-5-3-2-4-8-16-28(18-21-10-6-7-11-24(21)29)25(30)20-33-23-14-12-22(27)13-15-23/h6-7,10-15H,2-5,8-9,16-20H2,1H3. The predicted molar refractivity (Wildman–Crippen MR) is 131 cm³/mol. The van der Waals surface area contributed by atoms with Gasteiger partial charge in [0, 0.05) is 37.5 Å². The summed E-state index contributed by atoms with van der Waals surface area (Å²) in [5.74, 6) is 0.462. The van der Waals surface area contributed by atoms with Crippen molar-refractivity contribution in [2.75, 3.05) is 38.3 Å². The van der Waals surface area contributed by atoms with Crippen LogP contribution >= 0.6 is 11.6 Å². The first-order valence-electron chi connectivity index (χ1n) is 11.6. The number of ether oxygens (including phenoxy) is 2. The van der Waals surface area contributed by atoms with Crippen molar-refractivity contribution in [2.24, 2.45) is 0 Å². The maximum Gasteiger partial charge on any atom is 0.260 e. The van der Waals surface area contributed by atoms with E-state index in [1.54, 1.807) is 24.3 Å². The molecular formula is C26H33ClN2O4. The molecule has 0 radical (unpaired) electrons. The number of rotatable bonds is 5. The van der Waals surface area contributed by atoms with Crippen LogP contribution in [-0.2, 0) is 20.9 Å². The Morgan fingerprint density at radius 1 is 0.848 bits per heavy atom. The number of nitrogens with zero attached hydrogens (tertiary/aromatic N) is 2. The van der Waals surface area contributed by atoms with E-state index in [9.17, 15) is 9.59 Å². The van der Waals surface area contributed by atoms with Crippen molar-refractivity contribution in [3.63, 3.8) is 0 Å². The molecule has 0 fully saturated rings. The minimum Gasteiger partial charge on any atom is -0.484 e. The summed E-state index contributed by atoms with van der Waals surface area (Å²) in [6, 6.07) is 14.8. The molecule has 0 aliphatic carbocycles. The van der Waals surface area contributed by atoms with Crippen molar-refractivity contribution in [1.82, 2.24) is 4.90 Å². The summed E-state index contributed by atoms with van der Waals surface area (Å²) in [5, 5.41) is 0.622. The summed E-state index contributed by atoms with van der Waals surface area (Å²) >= 11 is 5.93. The number of anilines is 1. The average Bonchev–Trinajstić information content (AvgIpc) is 2.84. The van der Waals surface area contributed by atoms with Crippen molar-refractivity contribution in [3.8, 4) is 5.75 Å². The van der Waals surface area contributed by atoms with Gasteiger partial charge in [0.15, 0.2) is 6.61 Å². The van der Waals surface area contributed by atoms with E-state index in [-0.39, 0.29) is 25.0 Å². The Hall–Kier alpha value is -2.57. The lowest BCUT2D eigenvalue weighted by molar-refractivity contribution is -0.134. The molecule has 0 bridgehead atoms. The van der Waals surface area contributed by atoms with Gasteiger partial charge in [0.05, 0.1) is 0 Å². The largest absolute Gasteiger partial charge is 0.484 e. The van der Waals surface area contributed by atoms with E-state index in [0.717, 1.165) is 49.8 Å². The highest BCUT2D eigenvalue weighted by molar-refractivity contribution is 6.30. The number of carbonyl (C=O) groups is 2. The van der Waals surface area contributed by atoms with Gasteiger partial charge in [-0.25, -0.2) is 0 Å². The van der Waals surface area contributed by atoms with Gasteiger partial charge in [-0.3, -0.25) is 9.59 Å². The Labute approximate surface area is 201 Å². The number of fused-ring (bicyclic) bond motifs is 1. The predicted octanol–water partition coefficient (Wildman–Crippen LogP) is 5.08. The Morgan fingerprint density at radius 2 is 1.52 bits per heavy atom. The number of methoxy groups -OCH3 is 1. The summed E-state index contributed by atoms with van der Waals surface area (Å²) in [6.45, 7) is 1.72. The minimum absolute atomic E-state index is 0.0336. The molecular weight excluding hydrogens is 440 g/mol. The summed E-state index contributed by atoms with van der Waals surface area (Å²) < 4.78 is 10.8. The summed E-state index contributed by atoms with van der Waals surface area (Å²) in [5.41, 5.74) is 1.79. The van der Waals surface area contributed by atoms with Gasteiger partial charge in [-0.1, -0.05) is 55.5 Å². The maximum atomic E-state index is 13.1. The van der Waals surface area contributed by atoms with Crippen LogP contribution in [0.3, 0.4) is 0 Å². The first-order valence-corrected chi connectivity index (χ1v) is 12.0. The fourth-order valence-corrected chi connectivity index (χ4v) is 4.16. The lowest BCUT2D eigenvalue weighted by atomic mass is 10.1. The van der Waals surface area contributed by atoms with Crippen molar-refractivity contribution < 1.29 is 19.1 Å². The van der Waals surface area contributed by atoms with Crippen LogP contribution in [0.2, 0.25) is 5.02 Å². The monoisotopic (exact) mass is 472 g/mol. The molecule has 1 aliphatic rings. The molecule has 3 rings (SSSR count). The lowest BCUT2D eigenvalue weighted by Gasteiger charge is -2.28. The van der Waals surface area contributed by atoms with Gasteiger partial charge < -0.3 is 19.3 Å². The second kappa shape index (κ2) is 13.2.